The van der Waals surface area contributed by atoms with Crippen LogP contribution in [0.25, 0.3) is 11.3 Å². The predicted octanol–water partition coefficient (Wildman–Crippen LogP) is 3.38. The van der Waals surface area contributed by atoms with Crippen LogP contribution in [0.4, 0.5) is 4.39 Å². The molecule has 0 aliphatic heterocycles. The molecule has 0 N–H and O–H groups in total. The van der Waals surface area contributed by atoms with E-state index in [1.54, 1.807) is 24.3 Å². The van der Waals surface area contributed by atoms with Crippen molar-refractivity contribution in [3.05, 3.63) is 41.8 Å². The Bertz CT molecular complexity index is 687. The summed E-state index contributed by atoms with van der Waals surface area (Å²) in [5.74, 6) is 0.0997. The van der Waals surface area contributed by atoms with Crippen molar-refractivity contribution in [2.45, 2.75) is 32.1 Å². The molecular weight excluding hydrogens is 283 g/mol. The van der Waals surface area contributed by atoms with Crippen molar-refractivity contribution in [3.8, 4) is 11.3 Å². The second-order valence-electron chi connectivity index (χ2n) is 5.62. The molecule has 4 nitrogen and oxygen atoms in total. The SMILES string of the molecule is CCN(CC)C(=O)C1(c2cc(-c3ccccc3F)on2)CC1. The first-order chi connectivity index (χ1) is 10.6. The van der Waals surface area contributed by atoms with Crippen molar-refractivity contribution in [2.75, 3.05) is 13.1 Å². The lowest BCUT2D eigenvalue weighted by molar-refractivity contribution is -0.133. The first-order valence-electron chi connectivity index (χ1n) is 7.64. The smallest absolute Gasteiger partial charge is 0.234 e. The normalized spacial score (nSPS) is 15.6. The third kappa shape index (κ3) is 2.30. The number of carbonyl (C=O) groups excluding carboxylic acids is 1. The molecule has 22 heavy (non-hydrogen) atoms. The molecule has 116 valence electrons. The Kier molecular flexibility index (Phi) is 3.72. The molecule has 1 amide bonds. The van der Waals surface area contributed by atoms with Gasteiger partial charge < -0.3 is 9.42 Å². The Labute approximate surface area is 128 Å². The van der Waals surface area contributed by atoms with Gasteiger partial charge in [-0.05, 0) is 38.8 Å². The molecule has 0 unspecified atom stereocenters. The van der Waals surface area contributed by atoms with E-state index in [9.17, 15) is 9.18 Å². The van der Waals surface area contributed by atoms with Gasteiger partial charge >= 0.3 is 0 Å². The molecule has 1 aromatic carbocycles. The van der Waals surface area contributed by atoms with E-state index >= 15 is 0 Å². The summed E-state index contributed by atoms with van der Waals surface area (Å²) in [6.07, 6.45) is 1.54. The molecule has 3 rings (SSSR count). The third-order valence-electron chi connectivity index (χ3n) is 4.35. The highest BCUT2D eigenvalue weighted by atomic mass is 19.1. The van der Waals surface area contributed by atoms with E-state index in [2.05, 4.69) is 5.16 Å². The van der Waals surface area contributed by atoms with Crippen molar-refractivity contribution in [1.29, 1.82) is 0 Å². The van der Waals surface area contributed by atoms with Crippen molar-refractivity contribution in [3.63, 3.8) is 0 Å². The van der Waals surface area contributed by atoms with Crippen LogP contribution in [-0.4, -0.2) is 29.1 Å². The maximum absolute atomic E-state index is 13.8. The lowest BCUT2D eigenvalue weighted by Gasteiger charge is -2.23. The molecule has 2 aromatic rings. The number of halogens is 1. The number of likely N-dealkylation sites (N-methyl/N-ethyl adjacent to an activating group) is 1. The molecule has 0 saturated heterocycles. The zero-order valence-electron chi connectivity index (χ0n) is 12.8. The van der Waals surface area contributed by atoms with Gasteiger partial charge in [0.15, 0.2) is 5.76 Å². The minimum atomic E-state index is -0.570. The molecule has 0 bridgehead atoms. The fourth-order valence-electron chi connectivity index (χ4n) is 2.81. The number of aromatic nitrogens is 1. The minimum absolute atomic E-state index is 0.0888. The van der Waals surface area contributed by atoms with Crippen LogP contribution < -0.4 is 0 Å². The molecule has 1 heterocycles. The molecule has 1 aliphatic rings. The number of nitrogens with zero attached hydrogens (tertiary/aromatic N) is 2. The Balaban J connectivity index is 1.91. The Hall–Kier alpha value is -2.17. The molecule has 0 atom stereocenters. The van der Waals surface area contributed by atoms with Gasteiger partial charge in [-0.3, -0.25) is 4.79 Å². The zero-order valence-corrected chi connectivity index (χ0v) is 12.8. The highest BCUT2D eigenvalue weighted by Crippen LogP contribution is 2.49. The third-order valence-corrected chi connectivity index (χ3v) is 4.35. The molecular formula is C17H19FN2O2. The van der Waals surface area contributed by atoms with E-state index < -0.39 is 5.41 Å². The summed E-state index contributed by atoms with van der Waals surface area (Å²) in [7, 11) is 0. The van der Waals surface area contributed by atoms with Gasteiger partial charge in [0, 0.05) is 19.2 Å². The quantitative estimate of drug-likeness (QED) is 0.850. The van der Waals surface area contributed by atoms with E-state index in [0.29, 0.717) is 30.1 Å². The summed E-state index contributed by atoms with van der Waals surface area (Å²) >= 11 is 0. The first kappa shape index (κ1) is 14.8. The van der Waals surface area contributed by atoms with Crippen molar-refractivity contribution < 1.29 is 13.7 Å². The van der Waals surface area contributed by atoms with Crippen molar-refractivity contribution in [2.24, 2.45) is 0 Å². The topological polar surface area (TPSA) is 46.3 Å². The molecule has 1 fully saturated rings. The summed E-state index contributed by atoms with van der Waals surface area (Å²) in [5.41, 5.74) is 0.411. The van der Waals surface area contributed by atoms with E-state index in [1.807, 2.05) is 18.7 Å². The maximum Gasteiger partial charge on any atom is 0.234 e. The fourth-order valence-corrected chi connectivity index (χ4v) is 2.81. The molecule has 1 saturated carbocycles. The predicted molar refractivity (Wildman–Crippen MR) is 80.7 cm³/mol. The summed E-state index contributed by atoms with van der Waals surface area (Å²) in [6.45, 7) is 5.28. The van der Waals surface area contributed by atoms with Crippen LogP contribution in [-0.2, 0) is 10.2 Å². The van der Waals surface area contributed by atoms with Gasteiger partial charge in [0.1, 0.15) is 5.82 Å². The van der Waals surface area contributed by atoms with Crippen LogP contribution in [0, 0.1) is 5.82 Å². The molecule has 0 spiro atoms. The number of amides is 1. The minimum Gasteiger partial charge on any atom is -0.356 e. The highest BCUT2D eigenvalue weighted by Gasteiger charge is 2.55. The first-order valence-corrected chi connectivity index (χ1v) is 7.64. The maximum atomic E-state index is 13.8. The van der Waals surface area contributed by atoms with Crippen LogP contribution >= 0.6 is 0 Å². The molecule has 1 aliphatic carbocycles. The summed E-state index contributed by atoms with van der Waals surface area (Å²) < 4.78 is 19.1. The van der Waals surface area contributed by atoms with Crippen LogP contribution in [0.5, 0.6) is 0 Å². The standard InChI is InChI=1S/C17H19FN2O2/c1-3-20(4-2)16(21)17(9-10-17)15-11-14(22-19-15)12-7-5-6-8-13(12)18/h5-8,11H,3-4,9-10H2,1-2H3. The largest absolute Gasteiger partial charge is 0.356 e. The van der Waals surface area contributed by atoms with Gasteiger partial charge in [-0.25, -0.2) is 4.39 Å². The molecule has 0 radical (unpaired) electrons. The lowest BCUT2D eigenvalue weighted by Crippen LogP contribution is -2.39. The number of hydrogen-bond donors (Lipinski definition) is 0. The van der Waals surface area contributed by atoms with E-state index in [-0.39, 0.29) is 11.7 Å². The van der Waals surface area contributed by atoms with Crippen LogP contribution in [0.2, 0.25) is 0 Å². The number of carbonyl (C=O) groups is 1. The van der Waals surface area contributed by atoms with Gasteiger partial charge in [0.05, 0.1) is 16.7 Å². The number of rotatable bonds is 5. The number of hydrogen-bond acceptors (Lipinski definition) is 3. The zero-order chi connectivity index (χ0) is 15.7. The van der Waals surface area contributed by atoms with Crippen LogP contribution in [0.1, 0.15) is 32.4 Å². The average molecular weight is 302 g/mol. The van der Waals surface area contributed by atoms with Crippen molar-refractivity contribution >= 4 is 5.91 Å². The monoisotopic (exact) mass is 302 g/mol. The van der Waals surface area contributed by atoms with Gasteiger partial charge in [0.2, 0.25) is 5.91 Å². The van der Waals surface area contributed by atoms with Crippen LogP contribution in [0.3, 0.4) is 0 Å². The van der Waals surface area contributed by atoms with Crippen molar-refractivity contribution in [1.82, 2.24) is 10.1 Å². The Morgan fingerprint density at radius 3 is 2.59 bits per heavy atom. The highest BCUT2D eigenvalue weighted by molar-refractivity contribution is 5.91. The Morgan fingerprint density at radius 1 is 1.32 bits per heavy atom. The fraction of sp³-hybridized carbons (Fsp3) is 0.412. The number of benzene rings is 1. The van der Waals surface area contributed by atoms with Gasteiger partial charge in [-0.15, -0.1) is 0 Å². The average Bonchev–Trinajstić information content (AvgIpc) is 3.20. The van der Waals surface area contributed by atoms with E-state index in [0.717, 1.165) is 12.8 Å². The summed E-state index contributed by atoms with van der Waals surface area (Å²) in [6, 6.07) is 8.10. The second-order valence-corrected chi connectivity index (χ2v) is 5.62. The van der Waals surface area contributed by atoms with Gasteiger partial charge in [-0.2, -0.15) is 0 Å². The summed E-state index contributed by atoms with van der Waals surface area (Å²) in [5, 5.41) is 4.05. The molecule has 5 heteroatoms. The molecule has 1 aromatic heterocycles. The summed E-state index contributed by atoms with van der Waals surface area (Å²) in [4.78, 5) is 14.5. The van der Waals surface area contributed by atoms with Gasteiger partial charge in [-0.1, -0.05) is 17.3 Å². The van der Waals surface area contributed by atoms with E-state index in [4.69, 9.17) is 4.52 Å². The second kappa shape index (κ2) is 5.55. The van der Waals surface area contributed by atoms with E-state index in [1.165, 1.54) is 6.07 Å². The lowest BCUT2D eigenvalue weighted by atomic mass is 9.99. The van der Waals surface area contributed by atoms with Crippen LogP contribution in [0.15, 0.2) is 34.9 Å². The van der Waals surface area contributed by atoms with Gasteiger partial charge in [0.25, 0.3) is 0 Å². The Morgan fingerprint density at radius 2 is 2.00 bits per heavy atom.